The summed E-state index contributed by atoms with van der Waals surface area (Å²) in [5, 5.41) is 14.3. The summed E-state index contributed by atoms with van der Waals surface area (Å²) in [4.78, 5) is 36.7. The van der Waals surface area contributed by atoms with E-state index < -0.39 is 17.5 Å². The Kier molecular flexibility index (Phi) is 7.50. The fourth-order valence-electron chi connectivity index (χ4n) is 3.45. The van der Waals surface area contributed by atoms with Gasteiger partial charge < -0.3 is 10.6 Å². The van der Waals surface area contributed by atoms with Crippen molar-refractivity contribution in [3.63, 3.8) is 0 Å². The van der Waals surface area contributed by atoms with E-state index in [1.807, 2.05) is 0 Å². The molecule has 0 bridgehead atoms. The van der Waals surface area contributed by atoms with Crippen LogP contribution in [-0.2, 0) is 11.3 Å². The fraction of sp³-hybridized carbons (Fsp3) is 0.148. The lowest BCUT2D eigenvalue weighted by Gasteiger charge is -2.10. The first-order chi connectivity index (χ1) is 17.3. The van der Waals surface area contributed by atoms with Crippen LogP contribution in [0.4, 0.5) is 8.78 Å². The zero-order valence-corrected chi connectivity index (χ0v) is 19.1. The quantitative estimate of drug-likeness (QED) is 0.166. The maximum atomic E-state index is 13.8. The van der Waals surface area contributed by atoms with E-state index in [-0.39, 0.29) is 41.1 Å². The second-order valence-corrected chi connectivity index (χ2v) is 8.38. The topological polar surface area (TPSA) is 108 Å². The first-order valence-corrected chi connectivity index (χ1v) is 11.2. The number of nitrogens with one attached hydrogen (secondary N) is 3. The molecule has 0 radical (unpaired) electrons. The molecule has 3 amide bonds. The average Bonchev–Trinajstić information content (AvgIpc) is 3.71. The van der Waals surface area contributed by atoms with Crippen molar-refractivity contribution < 1.29 is 28.4 Å². The standard InChI is InChI=1S/C27H23F2N3O4/c28-23-12-9-20(14-24(23)29)22(27(35)31-21-10-11-21)13-16-1-5-18(6-2-16)25(33)30-15-17-3-7-19(8-4-17)26(34)32-36/h1-9,12-14,21,36H,10-11,15H2,(H,30,33)(H,31,35)(H,32,34)/b22-13+. The lowest BCUT2D eigenvalue weighted by atomic mass is 10.0. The summed E-state index contributed by atoms with van der Waals surface area (Å²) in [6.07, 6.45) is 3.32. The molecule has 0 aliphatic heterocycles. The number of carbonyl (C=O) groups excluding carboxylic acids is 3. The number of carbonyl (C=O) groups is 3. The second-order valence-electron chi connectivity index (χ2n) is 8.38. The molecule has 184 valence electrons. The third kappa shape index (κ3) is 6.19. The normalized spacial score (nSPS) is 13.1. The van der Waals surface area contributed by atoms with Crippen molar-refractivity contribution in [2.45, 2.75) is 25.4 Å². The SMILES string of the molecule is O=C(NC1CC1)/C(=C/c1ccc(C(=O)NCc2ccc(C(=O)NO)cc2)cc1)c1ccc(F)c(F)c1. The van der Waals surface area contributed by atoms with Crippen LogP contribution in [0, 0.1) is 11.6 Å². The van der Waals surface area contributed by atoms with Crippen LogP contribution in [0.25, 0.3) is 11.6 Å². The van der Waals surface area contributed by atoms with E-state index >= 15 is 0 Å². The Morgan fingerprint density at radius 2 is 1.44 bits per heavy atom. The minimum Gasteiger partial charge on any atom is -0.349 e. The largest absolute Gasteiger partial charge is 0.349 e. The van der Waals surface area contributed by atoms with Crippen molar-refractivity contribution in [1.82, 2.24) is 16.1 Å². The van der Waals surface area contributed by atoms with E-state index in [9.17, 15) is 23.2 Å². The van der Waals surface area contributed by atoms with Crippen LogP contribution >= 0.6 is 0 Å². The van der Waals surface area contributed by atoms with Gasteiger partial charge >= 0.3 is 0 Å². The highest BCUT2D eigenvalue weighted by Gasteiger charge is 2.25. The van der Waals surface area contributed by atoms with Gasteiger partial charge in [-0.05, 0) is 72.0 Å². The molecule has 0 aromatic heterocycles. The molecule has 0 saturated heterocycles. The number of amides is 3. The number of benzene rings is 3. The van der Waals surface area contributed by atoms with Crippen LogP contribution < -0.4 is 16.1 Å². The van der Waals surface area contributed by atoms with Gasteiger partial charge in [0.15, 0.2) is 11.6 Å². The third-order valence-electron chi connectivity index (χ3n) is 5.64. The van der Waals surface area contributed by atoms with E-state index in [0.717, 1.165) is 30.5 Å². The molecule has 1 aliphatic carbocycles. The van der Waals surface area contributed by atoms with Gasteiger partial charge in [0, 0.05) is 29.3 Å². The molecule has 3 aromatic rings. The Bertz CT molecular complexity index is 1320. The summed E-state index contributed by atoms with van der Waals surface area (Å²) in [7, 11) is 0. The van der Waals surface area contributed by atoms with Crippen LogP contribution in [0.15, 0.2) is 66.7 Å². The number of hydrogen-bond donors (Lipinski definition) is 4. The highest BCUT2D eigenvalue weighted by molar-refractivity contribution is 6.24. The van der Waals surface area contributed by atoms with E-state index in [0.29, 0.717) is 11.1 Å². The Labute approximate surface area is 205 Å². The minimum atomic E-state index is -1.05. The molecular formula is C27H23F2N3O4. The molecule has 7 nitrogen and oxygen atoms in total. The first-order valence-electron chi connectivity index (χ1n) is 11.2. The lowest BCUT2D eigenvalue weighted by molar-refractivity contribution is -0.115. The van der Waals surface area contributed by atoms with Crippen LogP contribution in [-0.4, -0.2) is 29.0 Å². The van der Waals surface area contributed by atoms with Gasteiger partial charge in [0.1, 0.15) is 0 Å². The second kappa shape index (κ2) is 10.9. The van der Waals surface area contributed by atoms with E-state index in [1.54, 1.807) is 48.0 Å². The van der Waals surface area contributed by atoms with Crippen molar-refractivity contribution in [3.8, 4) is 0 Å². The lowest BCUT2D eigenvalue weighted by Crippen LogP contribution is -2.26. The highest BCUT2D eigenvalue weighted by Crippen LogP contribution is 2.24. The maximum absolute atomic E-state index is 13.8. The van der Waals surface area contributed by atoms with Gasteiger partial charge in [0.2, 0.25) is 0 Å². The minimum absolute atomic E-state index is 0.0836. The zero-order chi connectivity index (χ0) is 25.7. The van der Waals surface area contributed by atoms with Crippen molar-refractivity contribution in [2.75, 3.05) is 0 Å². The van der Waals surface area contributed by atoms with Crippen LogP contribution in [0.2, 0.25) is 0 Å². The monoisotopic (exact) mass is 491 g/mol. The molecule has 9 heteroatoms. The Morgan fingerprint density at radius 3 is 2.06 bits per heavy atom. The molecule has 1 saturated carbocycles. The van der Waals surface area contributed by atoms with Crippen LogP contribution in [0.5, 0.6) is 0 Å². The molecule has 0 heterocycles. The fourth-order valence-corrected chi connectivity index (χ4v) is 3.45. The Morgan fingerprint density at radius 1 is 0.833 bits per heavy atom. The van der Waals surface area contributed by atoms with Gasteiger partial charge in [-0.25, -0.2) is 14.3 Å². The maximum Gasteiger partial charge on any atom is 0.274 e. The van der Waals surface area contributed by atoms with E-state index in [2.05, 4.69) is 10.6 Å². The summed E-state index contributed by atoms with van der Waals surface area (Å²) in [5.74, 6) is -3.38. The molecule has 3 aromatic carbocycles. The van der Waals surface area contributed by atoms with Crippen molar-refractivity contribution in [2.24, 2.45) is 0 Å². The highest BCUT2D eigenvalue weighted by atomic mass is 19.2. The van der Waals surface area contributed by atoms with Crippen molar-refractivity contribution in [1.29, 1.82) is 0 Å². The van der Waals surface area contributed by atoms with Crippen molar-refractivity contribution >= 4 is 29.4 Å². The molecule has 0 atom stereocenters. The summed E-state index contributed by atoms with van der Waals surface area (Å²) in [5.41, 5.74) is 4.03. The summed E-state index contributed by atoms with van der Waals surface area (Å²) in [6.45, 7) is 0.225. The summed E-state index contributed by atoms with van der Waals surface area (Å²) >= 11 is 0. The van der Waals surface area contributed by atoms with E-state index in [1.165, 1.54) is 18.2 Å². The summed E-state index contributed by atoms with van der Waals surface area (Å²) < 4.78 is 27.2. The zero-order valence-electron chi connectivity index (χ0n) is 19.1. The number of halogens is 2. The van der Waals surface area contributed by atoms with Gasteiger partial charge in [-0.1, -0.05) is 30.3 Å². The van der Waals surface area contributed by atoms with Crippen LogP contribution in [0.1, 0.15) is 50.2 Å². The molecule has 1 aliphatic rings. The molecule has 4 rings (SSSR count). The number of hydroxylamine groups is 1. The van der Waals surface area contributed by atoms with Gasteiger partial charge in [0.25, 0.3) is 17.7 Å². The number of hydrogen-bond acceptors (Lipinski definition) is 4. The molecule has 4 N–H and O–H groups in total. The molecule has 0 unspecified atom stereocenters. The molecule has 0 spiro atoms. The van der Waals surface area contributed by atoms with Crippen molar-refractivity contribution in [3.05, 3.63) is 106 Å². The smallest absolute Gasteiger partial charge is 0.274 e. The van der Waals surface area contributed by atoms with Gasteiger partial charge in [-0.3, -0.25) is 19.6 Å². The first kappa shape index (κ1) is 24.7. The Hall–Kier alpha value is -4.37. The van der Waals surface area contributed by atoms with Crippen LogP contribution in [0.3, 0.4) is 0 Å². The molecular weight excluding hydrogens is 468 g/mol. The number of rotatable bonds is 8. The molecule has 36 heavy (non-hydrogen) atoms. The van der Waals surface area contributed by atoms with Gasteiger partial charge in [-0.2, -0.15) is 0 Å². The summed E-state index contributed by atoms with van der Waals surface area (Å²) in [6, 6.07) is 16.3. The third-order valence-corrected chi connectivity index (χ3v) is 5.64. The van der Waals surface area contributed by atoms with Gasteiger partial charge in [0.05, 0.1) is 0 Å². The van der Waals surface area contributed by atoms with E-state index in [4.69, 9.17) is 5.21 Å². The predicted molar refractivity (Wildman–Crippen MR) is 129 cm³/mol. The Balaban J connectivity index is 1.46. The predicted octanol–water partition coefficient (Wildman–Crippen LogP) is 3.83. The average molecular weight is 491 g/mol. The molecule has 1 fully saturated rings. The van der Waals surface area contributed by atoms with Gasteiger partial charge in [-0.15, -0.1) is 0 Å².